The Hall–Kier alpha value is -0.850. The van der Waals surface area contributed by atoms with Crippen LogP contribution >= 0.6 is 0 Å². The fourth-order valence-corrected chi connectivity index (χ4v) is 1.59. The molecule has 9 heavy (non-hydrogen) atoms. The lowest BCUT2D eigenvalue weighted by Crippen LogP contribution is -2.08. The summed E-state index contributed by atoms with van der Waals surface area (Å²) in [6.45, 7) is 0. The fraction of sp³-hybridized carbons (Fsp3) is 0.375. The third kappa shape index (κ3) is 0.517. The molecule has 0 aliphatic heterocycles. The van der Waals surface area contributed by atoms with Gasteiger partial charge in [0.15, 0.2) is 0 Å². The summed E-state index contributed by atoms with van der Waals surface area (Å²) < 4.78 is 0. The Morgan fingerprint density at radius 2 is 1.44 bits per heavy atom. The number of rotatable bonds is 1. The van der Waals surface area contributed by atoms with Crippen LogP contribution in [0.4, 0.5) is 0 Å². The van der Waals surface area contributed by atoms with E-state index in [0.29, 0.717) is 11.8 Å². The van der Waals surface area contributed by atoms with Gasteiger partial charge in [-0.1, -0.05) is 24.3 Å². The standard InChI is InChI=1S/C8H8O/c9-5-8-6-1-2-7(8)4-3-6/h1-8H. The molecule has 2 rings (SSSR count). The Labute approximate surface area is 54.1 Å². The third-order valence-corrected chi connectivity index (χ3v) is 2.16. The van der Waals surface area contributed by atoms with Gasteiger partial charge < -0.3 is 4.79 Å². The molecule has 0 unspecified atom stereocenters. The van der Waals surface area contributed by atoms with E-state index < -0.39 is 0 Å². The molecule has 0 aromatic heterocycles. The van der Waals surface area contributed by atoms with Crippen LogP contribution in [0.1, 0.15) is 0 Å². The van der Waals surface area contributed by atoms with E-state index in [1.54, 1.807) is 0 Å². The van der Waals surface area contributed by atoms with Crippen molar-refractivity contribution in [3.8, 4) is 0 Å². The van der Waals surface area contributed by atoms with Crippen LogP contribution in [-0.4, -0.2) is 6.29 Å². The van der Waals surface area contributed by atoms with Crippen molar-refractivity contribution in [1.29, 1.82) is 0 Å². The highest BCUT2D eigenvalue weighted by Crippen LogP contribution is 2.36. The molecule has 1 heteroatoms. The first kappa shape index (κ1) is 4.98. The van der Waals surface area contributed by atoms with E-state index in [4.69, 9.17) is 0 Å². The van der Waals surface area contributed by atoms with Gasteiger partial charge >= 0.3 is 0 Å². The highest BCUT2D eigenvalue weighted by molar-refractivity contribution is 5.60. The smallest absolute Gasteiger partial charge is 0.124 e. The minimum Gasteiger partial charge on any atom is -0.303 e. The lowest BCUT2D eigenvalue weighted by molar-refractivity contribution is -0.111. The van der Waals surface area contributed by atoms with Crippen LogP contribution in [0.25, 0.3) is 0 Å². The molecule has 0 atom stereocenters. The van der Waals surface area contributed by atoms with E-state index in [1.807, 2.05) is 0 Å². The predicted octanol–water partition coefficient (Wildman–Crippen LogP) is 1.17. The highest BCUT2D eigenvalue weighted by Gasteiger charge is 2.32. The lowest BCUT2D eigenvalue weighted by atomic mass is 9.97. The summed E-state index contributed by atoms with van der Waals surface area (Å²) in [6.07, 6.45) is 9.52. The van der Waals surface area contributed by atoms with E-state index in [2.05, 4.69) is 24.3 Å². The third-order valence-electron chi connectivity index (χ3n) is 2.16. The van der Waals surface area contributed by atoms with Gasteiger partial charge in [-0.25, -0.2) is 0 Å². The Kier molecular flexibility index (Phi) is 0.865. The van der Waals surface area contributed by atoms with Crippen LogP contribution in [0.5, 0.6) is 0 Å². The molecule has 2 bridgehead atoms. The van der Waals surface area contributed by atoms with Crippen LogP contribution in [0, 0.1) is 17.8 Å². The molecule has 2 aliphatic carbocycles. The van der Waals surface area contributed by atoms with Gasteiger partial charge in [0.05, 0.1) is 0 Å². The SMILES string of the molecule is O=CC1C2C=CC1C=C2. The summed E-state index contributed by atoms with van der Waals surface area (Å²) in [5, 5.41) is 0. The molecular weight excluding hydrogens is 112 g/mol. The number of aldehydes is 1. The van der Waals surface area contributed by atoms with Crippen molar-refractivity contribution < 1.29 is 4.79 Å². The molecule has 2 aliphatic rings. The van der Waals surface area contributed by atoms with Crippen molar-refractivity contribution >= 4 is 6.29 Å². The number of carbonyl (C=O) groups excluding carboxylic acids is 1. The molecule has 0 aromatic carbocycles. The summed E-state index contributed by atoms with van der Waals surface area (Å²) in [6, 6.07) is 0. The second-order valence-electron chi connectivity index (χ2n) is 2.64. The Bertz CT molecular complexity index is 161. The first-order valence-electron chi connectivity index (χ1n) is 3.24. The van der Waals surface area contributed by atoms with Gasteiger partial charge in [0.1, 0.15) is 6.29 Å². The van der Waals surface area contributed by atoms with E-state index in [-0.39, 0.29) is 5.92 Å². The van der Waals surface area contributed by atoms with Crippen molar-refractivity contribution in [2.75, 3.05) is 0 Å². The van der Waals surface area contributed by atoms with E-state index in [1.165, 1.54) is 0 Å². The first-order valence-corrected chi connectivity index (χ1v) is 3.24. The molecule has 0 N–H and O–H groups in total. The topological polar surface area (TPSA) is 17.1 Å². The van der Waals surface area contributed by atoms with E-state index in [0.717, 1.165) is 6.29 Å². The minimum absolute atomic E-state index is 0.241. The molecule has 0 aromatic rings. The molecule has 1 nitrogen and oxygen atoms in total. The summed E-state index contributed by atoms with van der Waals surface area (Å²) in [7, 11) is 0. The molecular formula is C8H8O. The zero-order chi connectivity index (χ0) is 6.27. The molecule has 0 radical (unpaired) electrons. The molecule has 0 fully saturated rings. The maximum Gasteiger partial charge on any atom is 0.124 e. The zero-order valence-electron chi connectivity index (χ0n) is 5.03. The summed E-state index contributed by atoms with van der Waals surface area (Å²) in [4.78, 5) is 10.4. The second kappa shape index (κ2) is 1.56. The largest absolute Gasteiger partial charge is 0.303 e. The average molecular weight is 120 g/mol. The van der Waals surface area contributed by atoms with Crippen LogP contribution in [0.2, 0.25) is 0 Å². The van der Waals surface area contributed by atoms with Gasteiger partial charge in [-0.2, -0.15) is 0 Å². The lowest BCUT2D eigenvalue weighted by Gasteiger charge is -2.04. The summed E-state index contributed by atoms with van der Waals surface area (Å²) >= 11 is 0. The van der Waals surface area contributed by atoms with Crippen molar-refractivity contribution in [2.24, 2.45) is 17.8 Å². The van der Waals surface area contributed by atoms with Gasteiger partial charge in [0, 0.05) is 17.8 Å². The van der Waals surface area contributed by atoms with Gasteiger partial charge in [0.25, 0.3) is 0 Å². The Balaban J connectivity index is 2.29. The van der Waals surface area contributed by atoms with Crippen molar-refractivity contribution in [3.63, 3.8) is 0 Å². The van der Waals surface area contributed by atoms with Crippen LogP contribution < -0.4 is 0 Å². The molecule has 0 saturated carbocycles. The highest BCUT2D eigenvalue weighted by atomic mass is 16.1. The van der Waals surface area contributed by atoms with E-state index >= 15 is 0 Å². The minimum atomic E-state index is 0.241. The monoisotopic (exact) mass is 120 g/mol. The van der Waals surface area contributed by atoms with Crippen LogP contribution in [-0.2, 0) is 4.79 Å². The first-order chi connectivity index (χ1) is 4.42. The van der Waals surface area contributed by atoms with Crippen molar-refractivity contribution in [3.05, 3.63) is 24.3 Å². The number of carbonyl (C=O) groups is 1. The number of hydrogen-bond donors (Lipinski definition) is 0. The quantitative estimate of drug-likeness (QED) is 0.375. The molecule has 0 saturated heterocycles. The van der Waals surface area contributed by atoms with Gasteiger partial charge in [-0.3, -0.25) is 0 Å². The normalized spacial score (nSPS) is 44.2. The second-order valence-corrected chi connectivity index (χ2v) is 2.64. The molecule has 0 spiro atoms. The maximum absolute atomic E-state index is 10.4. The summed E-state index contributed by atoms with van der Waals surface area (Å²) in [5.41, 5.74) is 0. The summed E-state index contributed by atoms with van der Waals surface area (Å²) in [5.74, 6) is 1.09. The number of allylic oxidation sites excluding steroid dienone is 4. The maximum atomic E-state index is 10.4. The van der Waals surface area contributed by atoms with Crippen molar-refractivity contribution in [1.82, 2.24) is 0 Å². The fourth-order valence-electron chi connectivity index (χ4n) is 1.59. The molecule has 46 valence electrons. The Morgan fingerprint density at radius 3 is 1.67 bits per heavy atom. The van der Waals surface area contributed by atoms with Crippen LogP contribution in [0.3, 0.4) is 0 Å². The van der Waals surface area contributed by atoms with Crippen LogP contribution in [0.15, 0.2) is 24.3 Å². The molecule has 0 amide bonds. The number of hydrogen-bond acceptors (Lipinski definition) is 1. The average Bonchev–Trinajstić information content (AvgIpc) is 2.44. The predicted molar refractivity (Wildman–Crippen MR) is 34.8 cm³/mol. The molecule has 0 heterocycles. The van der Waals surface area contributed by atoms with Gasteiger partial charge in [-0.15, -0.1) is 0 Å². The zero-order valence-corrected chi connectivity index (χ0v) is 5.03. The van der Waals surface area contributed by atoms with Crippen molar-refractivity contribution in [2.45, 2.75) is 0 Å². The number of fused-ring (bicyclic) bond motifs is 2. The Morgan fingerprint density at radius 1 is 1.00 bits per heavy atom. The van der Waals surface area contributed by atoms with Gasteiger partial charge in [0.2, 0.25) is 0 Å². The van der Waals surface area contributed by atoms with Gasteiger partial charge in [-0.05, 0) is 0 Å². The van der Waals surface area contributed by atoms with E-state index in [9.17, 15) is 4.79 Å².